The molecule has 0 aliphatic heterocycles. The minimum absolute atomic E-state index is 0.288. The van der Waals surface area contributed by atoms with Crippen molar-refractivity contribution in [1.29, 1.82) is 0 Å². The highest BCUT2D eigenvalue weighted by Gasteiger charge is 2.20. The Kier molecular flexibility index (Phi) is 3.71. The van der Waals surface area contributed by atoms with Crippen LogP contribution in [0.3, 0.4) is 0 Å². The third-order valence-corrected chi connectivity index (χ3v) is 5.20. The van der Waals surface area contributed by atoms with Gasteiger partial charge in [0.15, 0.2) is 0 Å². The number of aryl methyl sites for hydroxylation is 3. The number of nitrogens with zero attached hydrogens (tertiary/aromatic N) is 2. The Morgan fingerprint density at radius 3 is 2.95 bits per heavy atom. The van der Waals surface area contributed by atoms with Gasteiger partial charge in [-0.1, -0.05) is 0 Å². The van der Waals surface area contributed by atoms with E-state index in [0.717, 1.165) is 6.54 Å². The van der Waals surface area contributed by atoms with E-state index < -0.39 is 0 Å². The fraction of sp³-hybridized carbons (Fsp3) is 0.533. The van der Waals surface area contributed by atoms with Gasteiger partial charge in [0.05, 0.1) is 12.2 Å². The van der Waals surface area contributed by atoms with Crippen LogP contribution in [0.15, 0.2) is 18.5 Å². The van der Waals surface area contributed by atoms with E-state index in [9.17, 15) is 0 Å². The van der Waals surface area contributed by atoms with E-state index in [4.69, 9.17) is 0 Å². The molecule has 0 saturated carbocycles. The number of nitrogens with one attached hydrogen (secondary N) is 1. The lowest BCUT2D eigenvalue weighted by atomic mass is 9.98. The second-order valence-electron chi connectivity index (χ2n) is 5.16. The van der Waals surface area contributed by atoms with Crippen molar-refractivity contribution in [3.63, 3.8) is 0 Å². The molecule has 0 amide bonds. The van der Waals surface area contributed by atoms with Crippen LogP contribution in [0, 0.1) is 0 Å². The molecule has 19 heavy (non-hydrogen) atoms. The van der Waals surface area contributed by atoms with Gasteiger partial charge in [0.2, 0.25) is 0 Å². The molecule has 0 saturated heterocycles. The summed E-state index contributed by atoms with van der Waals surface area (Å²) in [4.78, 5) is 3.04. The molecule has 1 aliphatic carbocycles. The summed E-state index contributed by atoms with van der Waals surface area (Å²) in [6.07, 6.45) is 9.37. The van der Waals surface area contributed by atoms with Gasteiger partial charge in [0.1, 0.15) is 0 Å². The number of rotatable bonds is 4. The standard InChI is InChI=1S/C15H21N3S/c1-3-18-10-12(9-17-18)15(16-2)14-8-11-6-4-5-7-13(11)19-14/h8-10,15-16H,3-7H2,1-2H3. The van der Waals surface area contributed by atoms with Crippen molar-refractivity contribution in [3.8, 4) is 0 Å². The van der Waals surface area contributed by atoms with Crippen molar-refractivity contribution in [3.05, 3.63) is 39.3 Å². The van der Waals surface area contributed by atoms with E-state index in [2.05, 4.69) is 29.6 Å². The lowest BCUT2D eigenvalue weighted by Gasteiger charge is -2.12. The molecule has 1 atom stereocenters. The molecule has 0 radical (unpaired) electrons. The Hall–Kier alpha value is -1.13. The Labute approximate surface area is 118 Å². The second kappa shape index (κ2) is 5.47. The smallest absolute Gasteiger partial charge is 0.0699 e. The summed E-state index contributed by atoms with van der Waals surface area (Å²) in [7, 11) is 2.03. The lowest BCUT2D eigenvalue weighted by Crippen LogP contribution is -2.15. The van der Waals surface area contributed by atoms with Crippen molar-refractivity contribution in [2.24, 2.45) is 0 Å². The van der Waals surface area contributed by atoms with Crippen molar-refractivity contribution in [1.82, 2.24) is 15.1 Å². The third kappa shape index (κ3) is 2.47. The molecule has 3 nitrogen and oxygen atoms in total. The minimum Gasteiger partial charge on any atom is -0.309 e. The molecule has 0 bridgehead atoms. The van der Waals surface area contributed by atoms with Crippen LogP contribution in [-0.4, -0.2) is 16.8 Å². The molecule has 2 heterocycles. The van der Waals surface area contributed by atoms with Crippen LogP contribution >= 0.6 is 11.3 Å². The summed E-state index contributed by atoms with van der Waals surface area (Å²) in [5.74, 6) is 0. The molecule has 0 spiro atoms. The zero-order valence-electron chi connectivity index (χ0n) is 11.6. The monoisotopic (exact) mass is 275 g/mol. The fourth-order valence-electron chi connectivity index (χ4n) is 2.83. The average Bonchev–Trinajstić information content (AvgIpc) is 3.05. The molecule has 1 aliphatic rings. The molecule has 2 aromatic rings. The molecular weight excluding hydrogens is 254 g/mol. The van der Waals surface area contributed by atoms with Gasteiger partial charge >= 0.3 is 0 Å². The molecule has 102 valence electrons. The molecule has 0 aromatic carbocycles. The number of hydrogen-bond acceptors (Lipinski definition) is 3. The molecule has 0 fully saturated rings. The number of thiophene rings is 1. The van der Waals surface area contributed by atoms with Crippen molar-refractivity contribution in [2.45, 2.75) is 45.2 Å². The van der Waals surface area contributed by atoms with Crippen LogP contribution in [0.4, 0.5) is 0 Å². The van der Waals surface area contributed by atoms with Crippen LogP contribution in [0.5, 0.6) is 0 Å². The maximum Gasteiger partial charge on any atom is 0.0699 e. The molecule has 4 heteroatoms. The fourth-order valence-corrected chi connectivity index (χ4v) is 4.23. The first-order valence-electron chi connectivity index (χ1n) is 7.13. The van der Waals surface area contributed by atoms with Gasteiger partial charge in [-0.25, -0.2) is 0 Å². The van der Waals surface area contributed by atoms with Crippen molar-refractivity contribution < 1.29 is 0 Å². The van der Waals surface area contributed by atoms with E-state index in [-0.39, 0.29) is 6.04 Å². The second-order valence-corrected chi connectivity index (χ2v) is 6.32. The molecule has 1 N–H and O–H groups in total. The van der Waals surface area contributed by atoms with Crippen LogP contribution in [0.2, 0.25) is 0 Å². The number of fused-ring (bicyclic) bond motifs is 1. The first-order valence-corrected chi connectivity index (χ1v) is 7.94. The highest BCUT2D eigenvalue weighted by molar-refractivity contribution is 7.12. The minimum atomic E-state index is 0.288. The van der Waals surface area contributed by atoms with Crippen LogP contribution in [0.25, 0.3) is 0 Å². The van der Waals surface area contributed by atoms with Gasteiger partial charge in [-0.05, 0) is 51.3 Å². The van der Waals surface area contributed by atoms with E-state index in [1.54, 1.807) is 10.4 Å². The molecule has 2 aromatic heterocycles. The summed E-state index contributed by atoms with van der Waals surface area (Å²) in [6, 6.07) is 2.69. The van der Waals surface area contributed by atoms with Gasteiger partial charge in [0.25, 0.3) is 0 Å². The summed E-state index contributed by atoms with van der Waals surface area (Å²) in [6.45, 7) is 3.05. The van der Waals surface area contributed by atoms with Gasteiger partial charge in [-0.15, -0.1) is 11.3 Å². The predicted octanol–water partition coefficient (Wildman–Crippen LogP) is 3.15. The maximum absolute atomic E-state index is 4.39. The van der Waals surface area contributed by atoms with Gasteiger partial charge < -0.3 is 5.32 Å². The van der Waals surface area contributed by atoms with Crippen molar-refractivity contribution in [2.75, 3.05) is 7.05 Å². The van der Waals surface area contributed by atoms with Crippen LogP contribution in [0.1, 0.15) is 46.7 Å². The number of aromatic nitrogens is 2. The molecular formula is C15H21N3S. The quantitative estimate of drug-likeness (QED) is 0.929. The topological polar surface area (TPSA) is 29.9 Å². The third-order valence-electron chi connectivity index (χ3n) is 3.90. The molecule has 3 rings (SSSR count). The summed E-state index contributed by atoms with van der Waals surface area (Å²) in [5, 5.41) is 7.83. The van der Waals surface area contributed by atoms with E-state index in [1.807, 2.05) is 29.3 Å². The highest BCUT2D eigenvalue weighted by atomic mass is 32.1. The lowest BCUT2D eigenvalue weighted by molar-refractivity contribution is 0.654. The Morgan fingerprint density at radius 2 is 2.26 bits per heavy atom. The Balaban J connectivity index is 1.91. The van der Waals surface area contributed by atoms with Gasteiger partial charge in [0, 0.05) is 28.1 Å². The summed E-state index contributed by atoms with van der Waals surface area (Å²) < 4.78 is 1.99. The Bertz CT molecular complexity index is 532. The van der Waals surface area contributed by atoms with Crippen molar-refractivity contribution >= 4 is 11.3 Å². The maximum atomic E-state index is 4.39. The number of hydrogen-bond donors (Lipinski definition) is 1. The zero-order valence-corrected chi connectivity index (χ0v) is 12.5. The normalized spacial score (nSPS) is 16.3. The highest BCUT2D eigenvalue weighted by Crippen LogP contribution is 2.35. The zero-order chi connectivity index (χ0) is 13.2. The Morgan fingerprint density at radius 1 is 1.42 bits per heavy atom. The average molecular weight is 275 g/mol. The van der Waals surface area contributed by atoms with E-state index in [0.29, 0.717) is 0 Å². The predicted molar refractivity (Wildman–Crippen MR) is 79.8 cm³/mol. The SMILES string of the molecule is CCn1cc(C(NC)c2cc3c(s2)CCCC3)cn1. The summed E-state index contributed by atoms with van der Waals surface area (Å²) in [5.41, 5.74) is 2.84. The van der Waals surface area contributed by atoms with E-state index in [1.165, 1.54) is 36.1 Å². The van der Waals surface area contributed by atoms with E-state index >= 15 is 0 Å². The van der Waals surface area contributed by atoms with Gasteiger partial charge in [-0.2, -0.15) is 5.10 Å². The van der Waals surface area contributed by atoms with Crippen LogP contribution < -0.4 is 5.32 Å². The first kappa shape index (κ1) is 12.9. The van der Waals surface area contributed by atoms with Crippen LogP contribution in [-0.2, 0) is 19.4 Å². The largest absolute Gasteiger partial charge is 0.309 e. The summed E-state index contributed by atoms with van der Waals surface area (Å²) >= 11 is 1.98. The first-order chi connectivity index (χ1) is 9.31. The molecule has 1 unspecified atom stereocenters. The van der Waals surface area contributed by atoms with Gasteiger partial charge in [-0.3, -0.25) is 4.68 Å².